The zero-order valence-corrected chi connectivity index (χ0v) is 18.6. The van der Waals surface area contributed by atoms with Crippen LogP contribution in [-0.2, 0) is 19.2 Å². The molecule has 1 unspecified atom stereocenters. The Labute approximate surface area is 182 Å². The summed E-state index contributed by atoms with van der Waals surface area (Å²) in [6.07, 6.45) is 0.146. The first-order valence-electron chi connectivity index (χ1n) is 9.01. The van der Waals surface area contributed by atoms with Crippen LogP contribution in [0.15, 0.2) is 59.1 Å². The van der Waals surface area contributed by atoms with Gasteiger partial charge in [-0.25, -0.2) is 4.98 Å². The molecule has 2 aromatic carbocycles. The average Bonchev–Trinajstić information content (AvgIpc) is 2.72. The average molecular weight is 495 g/mol. The molecule has 0 bridgehead atoms. The molecule has 1 amide bonds. The second kappa shape index (κ2) is 9.41. The van der Waals surface area contributed by atoms with Crippen molar-refractivity contribution >= 4 is 42.9 Å². The Kier molecular flexibility index (Phi) is 6.91. The van der Waals surface area contributed by atoms with E-state index in [1.54, 1.807) is 31.2 Å². The van der Waals surface area contributed by atoms with E-state index in [0.717, 1.165) is 15.4 Å². The van der Waals surface area contributed by atoms with E-state index < -0.39 is 21.4 Å². The Morgan fingerprint density at radius 2 is 1.83 bits per heavy atom. The number of aromatic nitrogens is 1. The first-order chi connectivity index (χ1) is 14.3. The third-order valence-corrected chi connectivity index (χ3v) is 5.76. The predicted octanol–water partition coefficient (Wildman–Crippen LogP) is 4.30. The van der Waals surface area contributed by atoms with E-state index in [1.165, 1.54) is 13.0 Å². The van der Waals surface area contributed by atoms with Crippen LogP contribution in [0.1, 0.15) is 20.3 Å². The van der Waals surface area contributed by atoms with Gasteiger partial charge in [-0.05, 0) is 37.3 Å². The first kappa shape index (κ1) is 22.0. The molecule has 0 aliphatic carbocycles. The molecule has 0 radical (unpaired) electrons. The van der Waals surface area contributed by atoms with Crippen molar-refractivity contribution in [1.29, 1.82) is 0 Å². The van der Waals surface area contributed by atoms with Gasteiger partial charge in [0, 0.05) is 22.3 Å². The van der Waals surface area contributed by atoms with Gasteiger partial charge in [0.05, 0.1) is 5.52 Å². The summed E-state index contributed by atoms with van der Waals surface area (Å²) >= 11 is 3.41. The van der Waals surface area contributed by atoms with Gasteiger partial charge in [-0.3, -0.25) is 4.79 Å². The Balaban J connectivity index is 1.75. The normalized spacial score (nSPS) is 12.4. The molecule has 1 N–H and O–H groups in total. The number of rotatable bonds is 8. The lowest BCUT2D eigenvalue weighted by Gasteiger charge is -2.14. The van der Waals surface area contributed by atoms with Gasteiger partial charge in [0.2, 0.25) is 17.5 Å². The maximum Gasteiger partial charge on any atom is 0.323 e. The highest BCUT2D eigenvalue weighted by Crippen LogP contribution is 2.32. The van der Waals surface area contributed by atoms with Gasteiger partial charge < -0.3 is 14.9 Å². The van der Waals surface area contributed by atoms with Crippen LogP contribution in [0, 0.1) is 0 Å². The largest absolute Gasteiger partial charge is 0.435 e. The summed E-state index contributed by atoms with van der Waals surface area (Å²) < 4.78 is 35.7. The molecule has 10 heteroatoms. The highest BCUT2D eigenvalue weighted by molar-refractivity contribution is 9.10. The van der Waals surface area contributed by atoms with Crippen molar-refractivity contribution in [2.75, 3.05) is 0 Å². The van der Waals surface area contributed by atoms with E-state index in [2.05, 4.69) is 30.6 Å². The SMILES string of the molecule is CCC(=O)NC(C)S(=O)(=O)OOc1ccccc1Oc1ccc2ccc(Br)cc2n1. The number of amides is 1. The third kappa shape index (κ3) is 5.47. The van der Waals surface area contributed by atoms with Crippen LogP contribution < -0.4 is 14.9 Å². The first-order valence-corrected chi connectivity index (χ1v) is 11.3. The number of ether oxygens (including phenoxy) is 1. The van der Waals surface area contributed by atoms with Gasteiger partial charge in [0.15, 0.2) is 11.1 Å². The number of para-hydroxylation sites is 2. The minimum Gasteiger partial charge on any atom is -0.435 e. The minimum absolute atomic E-state index is 0.0335. The molecule has 3 aromatic rings. The maximum absolute atomic E-state index is 12.2. The van der Waals surface area contributed by atoms with Crippen molar-refractivity contribution in [3.8, 4) is 17.4 Å². The van der Waals surface area contributed by atoms with Crippen LogP contribution in [0.3, 0.4) is 0 Å². The van der Waals surface area contributed by atoms with E-state index in [0.29, 0.717) is 5.88 Å². The van der Waals surface area contributed by atoms with Gasteiger partial charge in [0.25, 0.3) is 0 Å². The molecule has 0 saturated heterocycles. The standard InChI is InChI=1S/C20H19BrN2O6S/c1-3-19(24)22-13(2)30(25,26)29-28-18-7-5-4-6-17(18)27-20-11-9-14-8-10-15(21)12-16(14)23-20/h4-13H,3H2,1-2H3,(H,22,24). The van der Waals surface area contributed by atoms with Gasteiger partial charge >= 0.3 is 10.1 Å². The molecular weight excluding hydrogens is 476 g/mol. The van der Waals surface area contributed by atoms with E-state index in [1.807, 2.05) is 24.3 Å². The summed E-state index contributed by atoms with van der Waals surface area (Å²) in [5.41, 5.74) is 0.722. The van der Waals surface area contributed by atoms with E-state index in [-0.39, 0.29) is 17.9 Å². The maximum atomic E-state index is 12.2. The summed E-state index contributed by atoms with van der Waals surface area (Å²) in [6, 6.07) is 15.6. The highest BCUT2D eigenvalue weighted by Gasteiger charge is 2.25. The number of hydrogen-bond acceptors (Lipinski definition) is 7. The van der Waals surface area contributed by atoms with Crippen LogP contribution >= 0.6 is 15.9 Å². The minimum atomic E-state index is -4.22. The van der Waals surface area contributed by atoms with Crippen molar-refractivity contribution in [3.05, 3.63) is 59.1 Å². The lowest BCUT2D eigenvalue weighted by molar-refractivity contribution is -0.121. The number of halogens is 1. The molecule has 1 heterocycles. The fourth-order valence-electron chi connectivity index (χ4n) is 2.39. The fourth-order valence-corrected chi connectivity index (χ4v) is 3.30. The molecule has 0 spiro atoms. The second-order valence-corrected chi connectivity index (χ2v) is 8.99. The van der Waals surface area contributed by atoms with Crippen LogP contribution in [-0.4, -0.2) is 24.7 Å². The van der Waals surface area contributed by atoms with Crippen LogP contribution in [0.2, 0.25) is 0 Å². The molecule has 1 atom stereocenters. The number of carbonyl (C=O) groups is 1. The fraction of sp³-hybridized carbons (Fsp3) is 0.200. The van der Waals surface area contributed by atoms with Crippen molar-refractivity contribution in [1.82, 2.24) is 10.3 Å². The van der Waals surface area contributed by atoms with Crippen LogP contribution in [0.25, 0.3) is 10.9 Å². The number of nitrogens with zero attached hydrogens (tertiary/aromatic N) is 1. The van der Waals surface area contributed by atoms with Crippen molar-refractivity contribution in [3.63, 3.8) is 0 Å². The van der Waals surface area contributed by atoms with E-state index in [9.17, 15) is 13.2 Å². The summed E-state index contributed by atoms with van der Waals surface area (Å²) in [5.74, 6) is 0.113. The summed E-state index contributed by atoms with van der Waals surface area (Å²) in [7, 11) is -4.22. The number of benzene rings is 2. The predicted molar refractivity (Wildman–Crippen MR) is 114 cm³/mol. The number of nitrogens with one attached hydrogen (secondary N) is 1. The van der Waals surface area contributed by atoms with Gasteiger partial charge in [-0.2, -0.15) is 8.42 Å². The van der Waals surface area contributed by atoms with Crippen LogP contribution in [0.5, 0.6) is 17.4 Å². The third-order valence-electron chi connectivity index (χ3n) is 4.03. The van der Waals surface area contributed by atoms with Crippen molar-refractivity contribution in [2.45, 2.75) is 25.6 Å². The highest BCUT2D eigenvalue weighted by atomic mass is 79.9. The topological polar surface area (TPSA) is 104 Å². The summed E-state index contributed by atoms with van der Waals surface area (Å²) in [4.78, 5) is 20.9. The van der Waals surface area contributed by atoms with Gasteiger partial charge in [0.1, 0.15) is 0 Å². The molecule has 0 saturated carbocycles. The molecule has 0 aliphatic heterocycles. The molecule has 158 valence electrons. The molecule has 3 rings (SSSR count). The Bertz CT molecular complexity index is 1170. The van der Waals surface area contributed by atoms with Crippen LogP contribution in [0.4, 0.5) is 0 Å². The lowest BCUT2D eigenvalue weighted by atomic mass is 10.2. The van der Waals surface area contributed by atoms with E-state index >= 15 is 0 Å². The molecule has 8 nitrogen and oxygen atoms in total. The van der Waals surface area contributed by atoms with Gasteiger partial charge in [-0.1, -0.05) is 45.4 Å². The number of carbonyl (C=O) groups excluding carboxylic acids is 1. The Morgan fingerprint density at radius 3 is 2.57 bits per heavy atom. The Morgan fingerprint density at radius 1 is 1.13 bits per heavy atom. The molecular formula is C20H19BrN2O6S. The number of hydrogen-bond donors (Lipinski definition) is 1. The second-order valence-electron chi connectivity index (χ2n) is 6.24. The number of fused-ring (bicyclic) bond motifs is 1. The molecule has 1 aromatic heterocycles. The quantitative estimate of drug-likeness (QED) is 0.367. The van der Waals surface area contributed by atoms with E-state index in [4.69, 9.17) is 9.62 Å². The zero-order valence-electron chi connectivity index (χ0n) is 16.2. The monoisotopic (exact) mass is 494 g/mol. The van der Waals surface area contributed by atoms with Crippen molar-refractivity contribution in [2.24, 2.45) is 0 Å². The molecule has 30 heavy (non-hydrogen) atoms. The van der Waals surface area contributed by atoms with Gasteiger partial charge in [-0.15, -0.1) is 0 Å². The molecule has 0 aliphatic rings. The number of pyridine rings is 1. The zero-order chi connectivity index (χ0) is 21.7. The lowest BCUT2D eigenvalue weighted by Crippen LogP contribution is -2.39. The van der Waals surface area contributed by atoms with Crippen molar-refractivity contribution < 1.29 is 27.2 Å². The summed E-state index contributed by atoms with van der Waals surface area (Å²) in [6.45, 7) is 2.89. The molecule has 0 fully saturated rings. The Hall–Kier alpha value is -2.69. The smallest absolute Gasteiger partial charge is 0.323 e. The summed E-state index contributed by atoms with van der Waals surface area (Å²) in [5, 5.41) is 1.96.